The summed E-state index contributed by atoms with van der Waals surface area (Å²) in [6.07, 6.45) is -2.18. The number of alkyl halides is 3. The van der Waals surface area contributed by atoms with Gasteiger partial charge in [0.05, 0.1) is 6.20 Å². The van der Waals surface area contributed by atoms with Crippen molar-refractivity contribution in [2.75, 3.05) is 35.7 Å². The zero-order valence-corrected chi connectivity index (χ0v) is 18.5. The lowest BCUT2D eigenvalue weighted by Crippen LogP contribution is -2.26. The Balaban J connectivity index is 1.35. The number of carbonyl (C=O) groups is 1. The van der Waals surface area contributed by atoms with E-state index >= 15 is 0 Å². The van der Waals surface area contributed by atoms with Gasteiger partial charge in [0, 0.05) is 26.2 Å². The maximum atomic E-state index is 12.7. The molecule has 1 fully saturated rings. The fourth-order valence-corrected chi connectivity index (χ4v) is 4.14. The Hall–Kier alpha value is -3.59. The second-order valence-corrected chi connectivity index (χ2v) is 8.16. The first-order valence-corrected chi connectivity index (χ1v) is 10.8. The molecule has 0 saturated carbocycles. The molecule has 1 aromatic carbocycles. The number of rotatable bonds is 8. The van der Waals surface area contributed by atoms with Crippen molar-refractivity contribution in [2.24, 2.45) is 0 Å². The van der Waals surface area contributed by atoms with Crippen molar-refractivity contribution in [2.45, 2.75) is 24.9 Å². The third-order valence-electron chi connectivity index (χ3n) is 4.83. The molecule has 0 radical (unpaired) electrons. The van der Waals surface area contributed by atoms with Gasteiger partial charge in [-0.15, -0.1) is 33.6 Å². The zero-order valence-electron chi connectivity index (χ0n) is 17.7. The Morgan fingerprint density at radius 2 is 2.09 bits per heavy atom. The number of carbonyl (C=O) groups excluding carboxylic acids is 1. The maximum Gasteiger partial charge on any atom is 0.573 e. The molecule has 0 aliphatic carbocycles. The minimum Gasteiger partial charge on any atom is -0.406 e. The summed E-state index contributed by atoms with van der Waals surface area (Å²) in [5.74, 6) is -0.381. The molecule has 15 heteroatoms. The van der Waals surface area contributed by atoms with Crippen LogP contribution < -0.4 is 20.3 Å². The van der Waals surface area contributed by atoms with Gasteiger partial charge in [-0.2, -0.15) is 0 Å². The number of nitrogens with one attached hydrogen (secondary N) is 2. The number of hydrogen-bond acceptors (Lipinski definition) is 11. The monoisotopic (exact) mass is 496 g/mol. The van der Waals surface area contributed by atoms with Crippen LogP contribution in [0.5, 0.6) is 5.75 Å². The Kier molecular flexibility index (Phi) is 7.02. The average molecular weight is 496 g/mol. The molecular weight excluding hydrogens is 477 g/mol. The van der Waals surface area contributed by atoms with Gasteiger partial charge in [-0.25, -0.2) is 4.98 Å². The summed E-state index contributed by atoms with van der Waals surface area (Å²) in [7, 11) is 1.27. The second kappa shape index (κ2) is 10.1. The number of ether oxygens (including phenoxy) is 2. The number of nitrogens with zero attached hydrogens (tertiary/aromatic N) is 6. The topological polar surface area (TPSA) is 127 Å². The number of methoxy groups -OCH3 is 1. The first kappa shape index (κ1) is 23.6. The smallest absolute Gasteiger partial charge is 0.406 e. The molecule has 2 atom stereocenters. The minimum absolute atomic E-state index is 0.0848. The molecule has 11 nitrogen and oxygen atoms in total. The van der Waals surface area contributed by atoms with E-state index in [1.165, 1.54) is 25.6 Å². The van der Waals surface area contributed by atoms with E-state index in [0.29, 0.717) is 17.5 Å². The lowest BCUT2D eigenvalue weighted by molar-refractivity contribution is -0.274. The number of amides is 1. The molecule has 2 unspecified atom stereocenters. The minimum atomic E-state index is -4.85. The Morgan fingerprint density at radius 3 is 2.82 bits per heavy atom. The molecular formula is C19H19F3N8O3S. The predicted octanol–water partition coefficient (Wildman–Crippen LogP) is 2.64. The van der Waals surface area contributed by atoms with Crippen LogP contribution in [0.4, 0.5) is 29.3 Å². The van der Waals surface area contributed by atoms with Crippen LogP contribution in [0, 0.1) is 0 Å². The zero-order chi connectivity index (χ0) is 24.1. The summed E-state index contributed by atoms with van der Waals surface area (Å²) in [6.45, 7) is 1.44. The van der Waals surface area contributed by atoms with Crippen molar-refractivity contribution in [3.63, 3.8) is 0 Å². The number of aromatic nitrogens is 5. The summed E-state index contributed by atoms with van der Waals surface area (Å²) >= 11 is 1.13. The van der Waals surface area contributed by atoms with E-state index < -0.39 is 24.1 Å². The first-order chi connectivity index (χ1) is 16.3. The molecule has 180 valence electrons. The summed E-state index contributed by atoms with van der Waals surface area (Å²) in [5.41, 5.74) is 0.189. The molecule has 2 N–H and O–H groups in total. The van der Waals surface area contributed by atoms with Crippen LogP contribution in [0.1, 0.15) is 18.1 Å². The van der Waals surface area contributed by atoms with Gasteiger partial charge < -0.3 is 19.7 Å². The fourth-order valence-electron chi connectivity index (χ4n) is 3.42. The lowest BCUT2D eigenvalue weighted by atomic mass is 10.1. The van der Waals surface area contributed by atoms with Gasteiger partial charge in [0.25, 0.3) is 5.91 Å². The van der Waals surface area contributed by atoms with Gasteiger partial charge in [0.1, 0.15) is 12.1 Å². The van der Waals surface area contributed by atoms with Crippen molar-refractivity contribution in [1.29, 1.82) is 0 Å². The summed E-state index contributed by atoms with van der Waals surface area (Å²) in [6, 6.07) is 5.11. The quantitative estimate of drug-likeness (QED) is 0.480. The van der Waals surface area contributed by atoms with E-state index in [0.717, 1.165) is 36.4 Å². The molecule has 1 amide bonds. The molecule has 4 rings (SSSR count). The van der Waals surface area contributed by atoms with Crippen molar-refractivity contribution >= 4 is 33.3 Å². The fraction of sp³-hybridized carbons (Fsp3) is 0.368. The van der Waals surface area contributed by atoms with Crippen molar-refractivity contribution in [1.82, 2.24) is 25.4 Å². The van der Waals surface area contributed by atoms with Gasteiger partial charge in [0.2, 0.25) is 10.3 Å². The van der Waals surface area contributed by atoms with Gasteiger partial charge in [0.15, 0.2) is 11.9 Å². The molecule has 2 aromatic heterocycles. The molecule has 3 heterocycles. The van der Waals surface area contributed by atoms with Gasteiger partial charge in [-0.05, 0) is 24.1 Å². The average Bonchev–Trinajstić information content (AvgIpc) is 3.44. The van der Waals surface area contributed by atoms with Crippen LogP contribution in [0.15, 0.2) is 36.8 Å². The summed E-state index contributed by atoms with van der Waals surface area (Å²) in [4.78, 5) is 18.7. The normalized spacial score (nSPS) is 16.8. The van der Waals surface area contributed by atoms with Gasteiger partial charge in [-0.1, -0.05) is 23.5 Å². The third kappa shape index (κ3) is 6.05. The highest BCUT2D eigenvalue weighted by atomic mass is 32.1. The molecule has 3 aromatic rings. The van der Waals surface area contributed by atoms with Crippen LogP contribution in [0.2, 0.25) is 0 Å². The standard InChI is InChI=1S/C19H19F3N8O3S/c1-32-15(11-3-2-4-13(7-11)33-19(20,21)22)16(31)26-18-29-28-17(34-18)25-12-5-6-30(9-12)14-8-23-10-24-27-14/h2-4,7-8,10,12,15H,5-6,9H2,1H3,(H,25,28)(H,26,29,31). The van der Waals surface area contributed by atoms with Crippen LogP contribution in [0.3, 0.4) is 0 Å². The number of halogens is 3. The summed E-state index contributed by atoms with van der Waals surface area (Å²) < 4.78 is 46.6. The number of benzene rings is 1. The van der Waals surface area contributed by atoms with E-state index in [1.807, 2.05) is 4.90 Å². The largest absolute Gasteiger partial charge is 0.573 e. The highest BCUT2D eigenvalue weighted by molar-refractivity contribution is 7.19. The van der Waals surface area contributed by atoms with E-state index in [2.05, 4.69) is 40.7 Å². The number of hydrogen-bond donors (Lipinski definition) is 2. The third-order valence-corrected chi connectivity index (χ3v) is 5.60. The van der Waals surface area contributed by atoms with Crippen molar-refractivity contribution in [3.05, 3.63) is 42.4 Å². The summed E-state index contributed by atoms with van der Waals surface area (Å²) in [5, 5.41) is 22.4. The molecule has 0 spiro atoms. The molecule has 34 heavy (non-hydrogen) atoms. The van der Waals surface area contributed by atoms with Crippen LogP contribution in [0.25, 0.3) is 0 Å². The van der Waals surface area contributed by atoms with E-state index in [4.69, 9.17) is 4.74 Å². The Labute approximate surface area is 195 Å². The maximum absolute atomic E-state index is 12.7. The van der Waals surface area contributed by atoms with Gasteiger partial charge in [-0.3, -0.25) is 10.1 Å². The van der Waals surface area contributed by atoms with Crippen LogP contribution in [-0.4, -0.2) is 63.9 Å². The van der Waals surface area contributed by atoms with Crippen molar-refractivity contribution in [3.8, 4) is 5.75 Å². The first-order valence-electron chi connectivity index (χ1n) is 9.98. The van der Waals surface area contributed by atoms with E-state index in [9.17, 15) is 18.0 Å². The van der Waals surface area contributed by atoms with Crippen LogP contribution >= 0.6 is 11.3 Å². The van der Waals surface area contributed by atoms with Crippen LogP contribution in [-0.2, 0) is 9.53 Å². The highest BCUT2D eigenvalue weighted by Crippen LogP contribution is 2.29. The highest BCUT2D eigenvalue weighted by Gasteiger charge is 2.32. The van der Waals surface area contributed by atoms with E-state index in [1.54, 1.807) is 6.20 Å². The second-order valence-electron chi connectivity index (χ2n) is 7.18. The lowest BCUT2D eigenvalue weighted by Gasteiger charge is -2.16. The SMILES string of the molecule is COC(C(=O)Nc1nnc(NC2CCN(c3cncnn3)C2)s1)c1cccc(OC(F)(F)F)c1. The molecule has 0 bridgehead atoms. The van der Waals surface area contributed by atoms with Gasteiger partial charge >= 0.3 is 6.36 Å². The molecule has 1 aliphatic heterocycles. The number of anilines is 3. The Morgan fingerprint density at radius 1 is 1.26 bits per heavy atom. The Bertz CT molecular complexity index is 1120. The van der Waals surface area contributed by atoms with Crippen molar-refractivity contribution < 1.29 is 27.4 Å². The van der Waals surface area contributed by atoms with E-state index in [-0.39, 0.29) is 16.7 Å². The predicted molar refractivity (Wildman–Crippen MR) is 115 cm³/mol. The molecule has 1 aliphatic rings. The molecule has 1 saturated heterocycles.